The molecule has 0 spiro atoms. The zero-order valence-electron chi connectivity index (χ0n) is 11.4. The van der Waals surface area contributed by atoms with E-state index in [1.807, 2.05) is 24.3 Å². The number of aromatic nitrogens is 4. The molecule has 0 saturated carbocycles. The Labute approximate surface area is 116 Å². The summed E-state index contributed by atoms with van der Waals surface area (Å²) in [6.45, 7) is 2.13. The molecule has 0 bridgehead atoms. The van der Waals surface area contributed by atoms with Crippen LogP contribution in [0.4, 0.5) is 0 Å². The molecule has 0 aliphatic rings. The van der Waals surface area contributed by atoms with E-state index in [1.165, 1.54) is 0 Å². The molecular formula is C13H16N4O3. The third-order valence-corrected chi connectivity index (χ3v) is 3.08. The average molecular weight is 276 g/mol. The van der Waals surface area contributed by atoms with E-state index in [0.29, 0.717) is 18.8 Å². The number of hydrogen-bond donors (Lipinski definition) is 1. The van der Waals surface area contributed by atoms with Crippen molar-refractivity contribution in [2.45, 2.75) is 19.9 Å². The smallest absolute Gasteiger partial charge is 0.306 e. The molecule has 2 aromatic rings. The van der Waals surface area contributed by atoms with Crippen molar-refractivity contribution in [3.05, 3.63) is 24.3 Å². The fourth-order valence-corrected chi connectivity index (χ4v) is 1.74. The summed E-state index contributed by atoms with van der Waals surface area (Å²) in [4.78, 5) is 10.8. The lowest BCUT2D eigenvalue weighted by atomic mass is 10.1. The number of nitrogens with zero attached hydrogens (tertiary/aromatic N) is 4. The Bertz CT molecular complexity index is 580. The summed E-state index contributed by atoms with van der Waals surface area (Å²) in [5, 5.41) is 20.4. The van der Waals surface area contributed by atoms with Crippen LogP contribution < -0.4 is 4.74 Å². The molecular weight excluding hydrogens is 260 g/mol. The quantitative estimate of drug-likeness (QED) is 0.859. The number of hydrogen-bond acceptors (Lipinski definition) is 5. The molecule has 1 heterocycles. The number of methoxy groups -OCH3 is 1. The molecule has 0 aliphatic heterocycles. The Morgan fingerprint density at radius 2 is 2.10 bits per heavy atom. The zero-order valence-corrected chi connectivity index (χ0v) is 11.4. The van der Waals surface area contributed by atoms with Gasteiger partial charge in [0, 0.05) is 12.1 Å². The van der Waals surface area contributed by atoms with E-state index >= 15 is 0 Å². The molecule has 7 nitrogen and oxygen atoms in total. The van der Waals surface area contributed by atoms with Crippen LogP contribution in [0.1, 0.15) is 13.3 Å². The second-order valence-electron chi connectivity index (χ2n) is 4.48. The van der Waals surface area contributed by atoms with Crippen LogP contribution in [0.25, 0.3) is 11.4 Å². The lowest BCUT2D eigenvalue weighted by Gasteiger charge is -2.08. The van der Waals surface area contributed by atoms with Gasteiger partial charge in [0.2, 0.25) is 0 Å². The Morgan fingerprint density at radius 1 is 1.40 bits per heavy atom. The standard InChI is InChI=1S/C13H16N4O3/c1-9(13(18)19)7-8-17-12(14-15-16-17)10-3-5-11(20-2)6-4-10/h3-6,9H,7-8H2,1-2H3,(H,18,19). The first-order valence-corrected chi connectivity index (χ1v) is 6.25. The molecule has 1 aromatic carbocycles. The van der Waals surface area contributed by atoms with E-state index in [-0.39, 0.29) is 0 Å². The number of aryl methyl sites for hydroxylation is 1. The van der Waals surface area contributed by atoms with E-state index in [9.17, 15) is 4.79 Å². The number of aliphatic carboxylic acids is 1. The van der Waals surface area contributed by atoms with Crippen LogP contribution in [-0.2, 0) is 11.3 Å². The van der Waals surface area contributed by atoms with Gasteiger partial charge in [-0.2, -0.15) is 0 Å². The second-order valence-corrected chi connectivity index (χ2v) is 4.48. The van der Waals surface area contributed by atoms with Crippen molar-refractivity contribution in [1.29, 1.82) is 0 Å². The van der Waals surface area contributed by atoms with Gasteiger partial charge in [-0.3, -0.25) is 4.79 Å². The predicted octanol–water partition coefficient (Wildman–Crippen LogP) is 1.46. The van der Waals surface area contributed by atoms with E-state index in [2.05, 4.69) is 15.5 Å². The molecule has 0 saturated heterocycles. The Morgan fingerprint density at radius 3 is 2.70 bits per heavy atom. The normalized spacial score (nSPS) is 12.1. The lowest BCUT2D eigenvalue weighted by molar-refractivity contribution is -0.141. The number of benzene rings is 1. The summed E-state index contributed by atoms with van der Waals surface area (Å²) >= 11 is 0. The third-order valence-electron chi connectivity index (χ3n) is 3.08. The highest BCUT2D eigenvalue weighted by atomic mass is 16.5. The maximum atomic E-state index is 10.8. The SMILES string of the molecule is COc1ccc(-c2nnnn2CCC(C)C(=O)O)cc1. The van der Waals surface area contributed by atoms with Crippen LogP contribution in [0.15, 0.2) is 24.3 Å². The first kappa shape index (κ1) is 14.0. The van der Waals surface area contributed by atoms with Gasteiger partial charge in [0.15, 0.2) is 5.82 Å². The molecule has 1 unspecified atom stereocenters. The van der Waals surface area contributed by atoms with E-state index in [4.69, 9.17) is 9.84 Å². The van der Waals surface area contributed by atoms with E-state index < -0.39 is 11.9 Å². The van der Waals surface area contributed by atoms with Crippen molar-refractivity contribution in [1.82, 2.24) is 20.2 Å². The number of carboxylic acid groups (broad SMARTS) is 1. The van der Waals surface area contributed by atoms with Crippen LogP contribution >= 0.6 is 0 Å². The summed E-state index contributed by atoms with van der Waals surface area (Å²) in [5.74, 6) is 0.129. The molecule has 106 valence electrons. The van der Waals surface area contributed by atoms with Crippen molar-refractivity contribution < 1.29 is 14.6 Å². The van der Waals surface area contributed by atoms with Gasteiger partial charge in [-0.25, -0.2) is 4.68 Å². The Kier molecular flexibility index (Phi) is 4.29. The monoisotopic (exact) mass is 276 g/mol. The van der Waals surface area contributed by atoms with Crippen LogP contribution in [0.5, 0.6) is 5.75 Å². The minimum atomic E-state index is -0.816. The number of carbonyl (C=O) groups is 1. The van der Waals surface area contributed by atoms with Crippen molar-refractivity contribution in [3.8, 4) is 17.1 Å². The van der Waals surface area contributed by atoms with Gasteiger partial charge in [-0.05, 0) is 41.1 Å². The van der Waals surface area contributed by atoms with Crippen molar-refractivity contribution in [2.75, 3.05) is 7.11 Å². The average Bonchev–Trinajstić information content (AvgIpc) is 2.93. The summed E-state index contributed by atoms with van der Waals surface area (Å²) in [7, 11) is 1.60. The van der Waals surface area contributed by atoms with E-state index in [1.54, 1.807) is 18.7 Å². The van der Waals surface area contributed by atoms with Crippen molar-refractivity contribution in [3.63, 3.8) is 0 Å². The number of rotatable bonds is 6. The molecule has 0 radical (unpaired) electrons. The summed E-state index contributed by atoms with van der Waals surface area (Å²) < 4.78 is 6.71. The van der Waals surface area contributed by atoms with Crippen LogP contribution in [-0.4, -0.2) is 38.4 Å². The van der Waals surface area contributed by atoms with Crippen molar-refractivity contribution >= 4 is 5.97 Å². The van der Waals surface area contributed by atoms with Gasteiger partial charge in [-0.15, -0.1) is 5.10 Å². The van der Waals surface area contributed by atoms with Crippen LogP contribution in [0, 0.1) is 5.92 Å². The van der Waals surface area contributed by atoms with Gasteiger partial charge in [0.05, 0.1) is 13.0 Å². The van der Waals surface area contributed by atoms with Crippen LogP contribution in [0.3, 0.4) is 0 Å². The fourth-order valence-electron chi connectivity index (χ4n) is 1.74. The van der Waals surface area contributed by atoms with Gasteiger partial charge >= 0.3 is 5.97 Å². The van der Waals surface area contributed by atoms with Crippen molar-refractivity contribution in [2.24, 2.45) is 5.92 Å². The van der Waals surface area contributed by atoms with Gasteiger partial charge < -0.3 is 9.84 Å². The molecule has 2 rings (SSSR count). The number of ether oxygens (including phenoxy) is 1. The molecule has 0 amide bonds. The van der Waals surface area contributed by atoms with E-state index in [0.717, 1.165) is 11.3 Å². The summed E-state index contributed by atoms with van der Waals surface area (Å²) in [5.41, 5.74) is 0.860. The highest BCUT2D eigenvalue weighted by Gasteiger charge is 2.14. The minimum Gasteiger partial charge on any atom is -0.497 e. The van der Waals surface area contributed by atoms with Gasteiger partial charge in [-0.1, -0.05) is 6.92 Å². The van der Waals surface area contributed by atoms with Crippen LogP contribution in [0.2, 0.25) is 0 Å². The molecule has 20 heavy (non-hydrogen) atoms. The topological polar surface area (TPSA) is 90.1 Å². The molecule has 0 fully saturated rings. The maximum absolute atomic E-state index is 10.8. The fraction of sp³-hybridized carbons (Fsp3) is 0.385. The molecule has 1 atom stereocenters. The molecule has 7 heteroatoms. The first-order valence-electron chi connectivity index (χ1n) is 6.25. The predicted molar refractivity (Wildman–Crippen MR) is 71.2 cm³/mol. The Hall–Kier alpha value is -2.44. The Balaban J connectivity index is 2.13. The molecule has 1 N–H and O–H groups in total. The summed E-state index contributed by atoms with van der Waals surface area (Å²) in [6.07, 6.45) is 0.476. The largest absolute Gasteiger partial charge is 0.497 e. The minimum absolute atomic E-state index is 0.428. The number of tetrazole rings is 1. The number of carboxylic acids is 1. The zero-order chi connectivity index (χ0) is 14.5. The highest BCUT2D eigenvalue weighted by Crippen LogP contribution is 2.20. The lowest BCUT2D eigenvalue weighted by Crippen LogP contribution is -2.13. The second kappa shape index (κ2) is 6.14. The maximum Gasteiger partial charge on any atom is 0.306 e. The molecule has 1 aromatic heterocycles. The summed E-state index contributed by atoms with van der Waals surface area (Å²) in [6, 6.07) is 7.38. The highest BCUT2D eigenvalue weighted by molar-refractivity contribution is 5.69. The third kappa shape index (κ3) is 3.11. The van der Waals surface area contributed by atoms with Gasteiger partial charge in [0.1, 0.15) is 5.75 Å². The molecule has 0 aliphatic carbocycles. The van der Waals surface area contributed by atoms with Gasteiger partial charge in [0.25, 0.3) is 0 Å². The first-order chi connectivity index (χ1) is 9.61.